The predicted octanol–water partition coefficient (Wildman–Crippen LogP) is 2.62. The van der Waals surface area contributed by atoms with Crippen LogP contribution in [0.2, 0.25) is 0 Å². The summed E-state index contributed by atoms with van der Waals surface area (Å²) in [5.41, 5.74) is 2.48. The molecule has 40 heavy (non-hydrogen) atoms. The van der Waals surface area contributed by atoms with Crippen LogP contribution in [0.25, 0.3) is 0 Å². The van der Waals surface area contributed by atoms with E-state index in [1.54, 1.807) is 18.3 Å². The molecule has 0 radical (unpaired) electrons. The van der Waals surface area contributed by atoms with Gasteiger partial charge in [-0.2, -0.15) is 0 Å². The molecule has 3 aromatic heterocycles. The Morgan fingerprint density at radius 2 is 1.27 bits per heavy atom. The first-order valence-corrected chi connectivity index (χ1v) is 12.5. The fourth-order valence-corrected chi connectivity index (χ4v) is 4.59. The summed E-state index contributed by atoms with van der Waals surface area (Å²) in [5, 5.41) is 22.5. The molecular formula is C26H30FeN8O5+2. The van der Waals surface area contributed by atoms with E-state index in [2.05, 4.69) is 31.8 Å². The smallest absolute Gasteiger partial charge is 0.450 e. The molecule has 4 rings (SSSR count). The molecule has 0 aromatic carbocycles. The second-order valence-electron chi connectivity index (χ2n) is 9.72. The number of pyridine rings is 3. The minimum atomic E-state index is -0.437. The predicted molar refractivity (Wildman–Crippen MR) is 141 cm³/mol. The molecule has 0 amide bonds. The third-order valence-corrected chi connectivity index (χ3v) is 6.78. The minimum absolute atomic E-state index is 0. The molecule has 0 aliphatic carbocycles. The van der Waals surface area contributed by atoms with Crippen molar-refractivity contribution in [2.45, 2.75) is 19.6 Å². The van der Waals surface area contributed by atoms with Crippen molar-refractivity contribution in [3.63, 3.8) is 0 Å². The molecule has 210 valence electrons. The summed E-state index contributed by atoms with van der Waals surface area (Å²) in [6, 6.07) is 9.13. The standard InChI is InChI=1S/C26H30N8O5.Fe/c1-34(19-24-16-26(33(38)39)4-7-29-24)12-10-30(17-22-14-21(20-35)2-5-27-22)8-9-31(11-13-34)18-23-15-25(32(36)37)3-6-28-23;/h2-7,14-16,20H,1,8-13,17-19H2;/q;+2. The number of aldehydes is 1. The maximum Gasteiger partial charge on any atom is 2.00 e. The molecule has 14 heteroatoms. The topological polar surface area (TPSA) is 148 Å². The van der Waals surface area contributed by atoms with E-state index >= 15 is 0 Å². The number of carbonyl (C=O) groups excluding carboxylic acids is 1. The Kier molecular flexibility index (Phi) is 10.9. The van der Waals surface area contributed by atoms with Gasteiger partial charge in [0.05, 0.1) is 46.6 Å². The first-order valence-electron chi connectivity index (χ1n) is 12.5. The van der Waals surface area contributed by atoms with Gasteiger partial charge in [0.1, 0.15) is 6.29 Å². The van der Waals surface area contributed by atoms with E-state index in [1.165, 1.54) is 36.7 Å². The Bertz CT molecular complexity index is 1350. The first kappa shape index (κ1) is 30.9. The van der Waals surface area contributed by atoms with Crippen molar-refractivity contribution in [2.24, 2.45) is 0 Å². The molecule has 0 N–H and O–H groups in total. The summed E-state index contributed by atoms with van der Waals surface area (Å²) in [4.78, 5) is 50.4. The molecule has 0 bridgehead atoms. The Morgan fingerprint density at radius 3 is 1.80 bits per heavy atom. The van der Waals surface area contributed by atoms with Crippen LogP contribution < -0.4 is 0 Å². The zero-order valence-corrected chi connectivity index (χ0v) is 22.9. The van der Waals surface area contributed by atoms with E-state index in [1.807, 2.05) is 0 Å². The van der Waals surface area contributed by atoms with Crippen molar-refractivity contribution in [1.82, 2.24) is 24.8 Å². The number of hydrogen-bond donors (Lipinski definition) is 0. The van der Waals surface area contributed by atoms with E-state index in [-0.39, 0.29) is 28.4 Å². The van der Waals surface area contributed by atoms with Crippen molar-refractivity contribution < 1.29 is 36.2 Å². The van der Waals surface area contributed by atoms with Gasteiger partial charge in [0.2, 0.25) is 0 Å². The average molecular weight is 590 g/mol. The molecule has 1 aliphatic rings. The molecule has 1 fully saturated rings. The van der Waals surface area contributed by atoms with Gasteiger partial charge in [-0.15, -0.1) is 7.05 Å². The summed E-state index contributed by atoms with van der Waals surface area (Å²) < 4.78 is 0.339. The number of nitro groups is 2. The molecule has 1 atom stereocenters. The summed E-state index contributed by atoms with van der Waals surface area (Å²) in [6.45, 7) is 5.31. The Hall–Kier alpha value is -3.68. The quantitative estimate of drug-likeness (QED) is 0.0910. The third-order valence-electron chi connectivity index (χ3n) is 6.78. The van der Waals surface area contributed by atoms with Crippen LogP contribution in [-0.2, 0) is 36.7 Å². The van der Waals surface area contributed by atoms with Gasteiger partial charge in [0, 0.05) is 87.7 Å². The zero-order chi connectivity index (χ0) is 27.8. The number of aromatic nitrogens is 3. The van der Waals surface area contributed by atoms with Crippen LogP contribution >= 0.6 is 0 Å². The van der Waals surface area contributed by atoms with Gasteiger partial charge in [0.25, 0.3) is 11.4 Å². The summed E-state index contributed by atoms with van der Waals surface area (Å²) in [7, 11) is 4.50. The van der Waals surface area contributed by atoms with Crippen LogP contribution in [0.4, 0.5) is 11.4 Å². The van der Waals surface area contributed by atoms with Crippen molar-refractivity contribution in [3.8, 4) is 0 Å². The van der Waals surface area contributed by atoms with Crippen LogP contribution in [0.15, 0.2) is 55.0 Å². The fraction of sp³-hybridized carbons (Fsp3) is 0.346. The van der Waals surface area contributed by atoms with Gasteiger partial charge in [0.15, 0.2) is 0 Å². The monoisotopic (exact) mass is 590 g/mol. The van der Waals surface area contributed by atoms with Crippen LogP contribution in [-0.4, -0.2) is 84.6 Å². The zero-order valence-electron chi connectivity index (χ0n) is 21.8. The van der Waals surface area contributed by atoms with Crippen molar-refractivity contribution in [1.29, 1.82) is 0 Å². The SMILES string of the molecule is [CH2-][N+]1(Cc2cc([N+](=O)[O-])ccn2)CCN(Cc2cc(C=O)ccn2)CCN(Cc2cc([N+](=O)[O-])ccn2)CC1.[Fe+2]. The van der Waals surface area contributed by atoms with Gasteiger partial charge in [-0.1, -0.05) is 0 Å². The maximum atomic E-state index is 11.3. The van der Waals surface area contributed by atoms with Crippen LogP contribution in [0, 0.1) is 27.3 Å². The molecular weight excluding hydrogens is 560 g/mol. The number of hydrogen-bond acceptors (Lipinski definition) is 10. The summed E-state index contributed by atoms with van der Waals surface area (Å²) >= 11 is 0. The first-order chi connectivity index (χ1) is 18.7. The molecule has 1 aliphatic heterocycles. The second kappa shape index (κ2) is 14.1. The minimum Gasteiger partial charge on any atom is -0.450 e. The Labute approximate surface area is 242 Å². The van der Waals surface area contributed by atoms with Crippen LogP contribution in [0.5, 0.6) is 0 Å². The van der Waals surface area contributed by atoms with E-state index in [0.717, 1.165) is 12.0 Å². The molecule has 1 saturated heterocycles. The van der Waals surface area contributed by atoms with E-state index < -0.39 is 9.85 Å². The molecule has 3 aromatic rings. The van der Waals surface area contributed by atoms with Gasteiger partial charge < -0.3 is 4.48 Å². The van der Waals surface area contributed by atoms with E-state index in [0.29, 0.717) is 80.3 Å². The van der Waals surface area contributed by atoms with Crippen molar-refractivity contribution >= 4 is 17.7 Å². The average Bonchev–Trinajstić information content (AvgIpc) is 2.99. The normalized spacial score (nSPS) is 18.5. The van der Waals surface area contributed by atoms with Crippen molar-refractivity contribution in [2.75, 3.05) is 39.3 Å². The van der Waals surface area contributed by atoms with Gasteiger partial charge >= 0.3 is 17.1 Å². The molecule has 0 spiro atoms. The van der Waals surface area contributed by atoms with Crippen LogP contribution in [0.1, 0.15) is 27.4 Å². The van der Waals surface area contributed by atoms with Gasteiger partial charge in [-0.3, -0.25) is 49.8 Å². The Balaban J connectivity index is 0.00000441. The Morgan fingerprint density at radius 1 is 0.800 bits per heavy atom. The van der Waals surface area contributed by atoms with E-state index in [9.17, 15) is 25.0 Å². The number of rotatable bonds is 9. The maximum absolute atomic E-state index is 11.3. The second-order valence-corrected chi connectivity index (χ2v) is 9.72. The molecule has 0 saturated carbocycles. The van der Waals surface area contributed by atoms with Gasteiger partial charge in [-0.25, -0.2) is 0 Å². The van der Waals surface area contributed by atoms with Gasteiger partial charge in [-0.05, 0) is 12.1 Å². The summed E-state index contributed by atoms with van der Waals surface area (Å²) in [5.74, 6) is 0. The summed E-state index contributed by atoms with van der Waals surface area (Å²) in [6.07, 6.45) is 5.29. The number of carbonyl (C=O) groups is 1. The largest absolute Gasteiger partial charge is 2.00 e. The van der Waals surface area contributed by atoms with E-state index in [4.69, 9.17) is 0 Å². The fourth-order valence-electron chi connectivity index (χ4n) is 4.59. The van der Waals surface area contributed by atoms with Crippen molar-refractivity contribution in [3.05, 3.63) is 105 Å². The number of quaternary nitrogens is 1. The molecule has 4 heterocycles. The molecule has 1 unspecified atom stereocenters. The number of nitrogens with zero attached hydrogens (tertiary/aromatic N) is 8. The molecule has 13 nitrogen and oxygen atoms in total. The van der Waals surface area contributed by atoms with Crippen LogP contribution in [0.3, 0.4) is 0 Å². The third kappa shape index (κ3) is 8.66.